The monoisotopic (exact) mass is 340 g/mol. The fourth-order valence-electron chi connectivity index (χ4n) is 2.66. The second-order valence-corrected chi connectivity index (χ2v) is 5.78. The number of anilines is 1. The molecule has 1 aromatic rings. The Hall–Kier alpha value is -2.54. The van der Waals surface area contributed by atoms with Crippen molar-refractivity contribution in [3.63, 3.8) is 0 Å². The minimum absolute atomic E-state index is 0.243. The van der Waals surface area contributed by atoms with Gasteiger partial charge in [0, 0.05) is 19.4 Å². The van der Waals surface area contributed by atoms with Crippen LogP contribution in [-0.4, -0.2) is 38.1 Å². The van der Waals surface area contributed by atoms with Crippen molar-refractivity contribution < 1.29 is 9.47 Å². The van der Waals surface area contributed by atoms with Crippen molar-refractivity contribution in [1.82, 2.24) is 4.90 Å². The predicted octanol–water partition coefficient (Wildman–Crippen LogP) is 3.14. The number of nitriles is 2. The number of ether oxygens (including phenoxy) is 2. The average molecular weight is 340 g/mol. The van der Waals surface area contributed by atoms with Crippen molar-refractivity contribution in [1.29, 1.82) is 10.5 Å². The summed E-state index contributed by atoms with van der Waals surface area (Å²) in [7, 11) is 0. The number of nitrogens with zero attached hydrogens (tertiary/aromatic N) is 4. The van der Waals surface area contributed by atoms with Gasteiger partial charge >= 0.3 is 0 Å². The predicted molar refractivity (Wildman–Crippen MR) is 95.4 cm³/mol. The van der Waals surface area contributed by atoms with Crippen LogP contribution in [0.3, 0.4) is 0 Å². The van der Waals surface area contributed by atoms with E-state index >= 15 is 0 Å². The van der Waals surface area contributed by atoms with E-state index in [2.05, 4.69) is 17.0 Å². The van der Waals surface area contributed by atoms with E-state index in [4.69, 9.17) is 14.7 Å². The highest BCUT2D eigenvalue weighted by Gasteiger charge is 2.25. The maximum absolute atomic E-state index is 9.58. The van der Waals surface area contributed by atoms with Crippen LogP contribution in [-0.2, 0) is 9.47 Å². The van der Waals surface area contributed by atoms with Gasteiger partial charge in [0.1, 0.15) is 12.8 Å². The molecule has 6 heteroatoms. The molecule has 0 saturated heterocycles. The highest BCUT2D eigenvalue weighted by molar-refractivity contribution is 5.65. The van der Waals surface area contributed by atoms with Crippen LogP contribution in [0.5, 0.6) is 0 Å². The van der Waals surface area contributed by atoms with Gasteiger partial charge in [-0.3, -0.25) is 0 Å². The molecule has 1 unspecified atom stereocenters. The molecule has 0 aliphatic carbocycles. The molecule has 1 aliphatic heterocycles. The molecule has 132 valence electrons. The molecule has 0 amide bonds. The van der Waals surface area contributed by atoms with E-state index < -0.39 is 0 Å². The lowest BCUT2D eigenvalue weighted by atomic mass is 9.99. The summed E-state index contributed by atoms with van der Waals surface area (Å²) in [6.07, 6.45) is 2.01. The summed E-state index contributed by atoms with van der Waals surface area (Å²) >= 11 is 0. The molecule has 1 atom stereocenters. The molecular formula is C19H24N4O2. The van der Waals surface area contributed by atoms with Crippen LogP contribution in [0, 0.1) is 22.7 Å². The average Bonchev–Trinajstić information content (AvgIpc) is 3.06. The van der Waals surface area contributed by atoms with Crippen molar-refractivity contribution in [3.05, 3.63) is 41.2 Å². The van der Waals surface area contributed by atoms with Gasteiger partial charge in [0.05, 0.1) is 42.2 Å². The van der Waals surface area contributed by atoms with Gasteiger partial charge in [-0.1, -0.05) is 6.07 Å². The molecule has 6 nitrogen and oxygen atoms in total. The second kappa shape index (κ2) is 9.08. The summed E-state index contributed by atoms with van der Waals surface area (Å²) < 4.78 is 11.1. The van der Waals surface area contributed by atoms with Gasteiger partial charge in [0.25, 0.3) is 0 Å². The van der Waals surface area contributed by atoms with Gasteiger partial charge in [-0.2, -0.15) is 10.5 Å². The molecule has 0 spiro atoms. The minimum Gasteiger partial charge on any atom is -0.375 e. The Morgan fingerprint density at radius 3 is 2.60 bits per heavy atom. The first-order chi connectivity index (χ1) is 12.1. The van der Waals surface area contributed by atoms with Crippen LogP contribution in [0.4, 0.5) is 5.69 Å². The lowest BCUT2D eigenvalue weighted by Crippen LogP contribution is -2.29. The molecule has 1 heterocycles. The number of hydrogen-bond donors (Lipinski definition) is 0. The third-order valence-electron chi connectivity index (χ3n) is 4.04. The fraction of sp³-hybridized carbons (Fsp3) is 0.474. The van der Waals surface area contributed by atoms with Crippen LogP contribution in [0.1, 0.15) is 37.8 Å². The molecule has 2 rings (SSSR count). The van der Waals surface area contributed by atoms with Crippen molar-refractivity contribution in [2.45, 2.75) is 26.7 Å². The van der Waals surface area contributed by atoms with Crippen molar-refractivity contribution in [2.75, 3.05) is 38.1 Å². The zero-order chi connectivity index (χ0) is 18.2. The van der Waals surface area contributed by atoms with E-state index in [1.165, 1.54) is 0 Å². The van der Waals surface area contributed by atoms with Crippen molar-refractivity contribution >= 4 is 5.69 Å². The molecule has 25 heavy (non-hydrogen) atoms. The molecule has 0 aromatic heterocycles. The zero-order valence-corrected chi connectivity index (χ0v) is 15.0. The maximum atomic E-state index is 9.58. The van der Waals surface area contributed by atoms with Crippen LogP contribution >= 0.6 is 0 Å². The van der Waals surface area contributed by atoms with Gasteiger partial charge in [0.15, 0.2) is 0 Å². The summed E-state index contributed by atoms with van der Waals surface area (Å²) in [5, 5.41) is 18.7. The molecule has 0 radical (unpaired) electrons. The van der Waals surface area contributed by atoms with E-state index in [0.717, 1.165) is 16.9 Å². The summed E-state index contributed by atoms with van der Waals surface area (Å²) in [5.41, 5.74) is 3.21. The molecule has 0 bridgehead atoms. The Kier molecular flexibility index (Phi) is 6.82. The third kappa shape index (κ3) is 4.51. The quantitative estimate of drug-likeness (QED) is 0.724. The Morgan fingerprint density at radius 1 is 1.20 bits per heavy atom. The second-order valence-electron chi connectivity index (χ2n) is 5.78. The first-order valence-electron chi connectivity index (χ1n) is 8.46. The van der Waals surface area contributed by atoms with E-state index in [0.29, 0.717) is 38.8 Å². The number of rotatable bonds is 8. The first-order valence-corrected chi connectivity index (χ1v) is 8.46. The smallest absolute Gasteiger partial charge is 0.119 e. The van der Waals surface area contributed by atoms with E-state index in [-0.39, 0.29) is 5.92 Å². The van der Waals surface area contributed by atoms with Gasteiger partial charge in [-0.05, 0) is 38.5 Å². The molecule has 1 aliphatic rings. The van der Waals surface area contributed by atoms with Gasteiger partial charge in [-0.25, -0.2) is 0 Å². The Balaban J connectivity index is 2.30. The topological polar surface area (TPSA) is 72.5 Å². The van der Waals surface area contributed by atoms with Crippen LogP contribution in [0.25, 0.3) is 0 Å². The summed E-state index contributed by atoms with van der Waals surface area (Å²) in [6, 6.07) is 10.1. The van der Waals surface area contributed by atoms with Crippen LogP contribution < -0.4 is 4.90 Å². The normalized spacial score (nSPS) is 14.8. The van der Waals surface area contributed by atoms with Crippen molar-refractivity contribution in [2.24, 2.45) is 0 Å². The molecule has 0 fully saturated rings. The van der Waals surface area contributed by atoms with Gasteiger partial charge in [-0.15, -0.1) is 0 Å². The van der Waals surface area contributed by atoms with Crippen LogP contribution in [0.15, 0.2) is 30.1 Å². The lowest BCUT2D eigenvalue weighted by molar-refractivity contribution is 0.0676. The lowest BCUT2D eigenvalue weighted by Gasteiger charge is -2.25. The molecule has 0 saturated carbocycles. The Morgan fingerprint density at radius 2 is 1.96 bits per heavy atom. The molecular weight excluding hydrogens is 316 g/mol. The Labute approximate surface area is 149 Å². The standard InChI is InChI=1S/C19H24N4O2/c1-4-24-12-18-11-22(14-25-5-2)13-23(18)19-7-6-16(15(3)9-20)8-17(19)10-21/h6-8,11,15H,4-5,12-14H2,1-3H3. The highest BCUT2D eigenvalue weighted by atomic mass is 16.5. The van der Waals surface area contributed by atoms with Crippen LogP contribution in [0.2, 0.25) is 0 Å². The molecule has 1 aromatic carbocycles. The molecule has 0 N–H and O–H groups in total. The zero-order valence-electron chi connectivity index (χ0n) is 15.0. The maximum Gasteiger partial charge on any atom is 0.119 e. The Bertz CT molecular complexity index is 702. The van der Waals surface area contributed by atoms with Gasteiger partial charge in [0.2, 0.25) is 0 Å². The van der Waals surface area contributed by atoms with Crippen molar-refractivity contribution in [3.8, 4) is 12.1 Å². The largest absolute Gasteiger partial charge is 0.375 e. The fourth-order valence-corrected chi connectivity index (χ4v) is 2.66. The minimum atomic E-state index is -0.243. The number of hydrogen-bond acceptors (Lipinski definition) is 6. The van der Waals surface area contributed by atoms with E-state index in [1.807, 2.05) is 44.0 Å². The SMILES string of the molecule is CCOCC1=CN(COCC)CN1c1ccc(C(C)C#N)cc1C#N. The van der Waals surface area contributed by atoms with E-state index in [9.17, 15) is 5.26 Å². The number of benzene rings is 1. The third-order valence-corrected chi connectivity index (χ3v) is 4.04. The summed E-state index contributed by atoms with van der Waals surface area (Å²) in [5.74, 6) is -0.243. The summed E-state index contributed by atoms with van der Waals surface area (Å²) in [4.78, 5) is 4.11. The van der Waals surface area contributed by atoms with E-state index in [1.54, 1.807) is 6.07 Å². The highest BCUT2D eigenvalue weighted by Crippen LogP contribution is 2.30. The van der Waals surface area contributed by atoms with Gasteiger partial charge < -0.3 is 19.3 Å². The summed E-state index contributed by atoms with van der Waals surface area (Å²) in [6.45, 7) is 8.59. The first kappa shape index (κ1) is 18.8.